The summed E-state index contributed by atoms with van der Waals surface area (Å²) in [5, 5.41) is 4.13. The third-order valence-corrected chi connectivity index (χ3v) is 4.25. The van der Waals surface area contributed by atoms with Crippen LogP contribution in [0.25, 0.3) is 0 Å². The number of esters is 1. The van der Waals surface area contributed by atoms with E-state index in [1.807, 2.05) is 25.6 Å². The molecular weight excluding hydrogens is 280 g/mol. The van der Waals surface area contributed by atoms with Gasteiger partial charge in [0.05, 0.1) is 12.3 Å². The van der Waals surface area contributed by atoms with Crippen LogP contribution in [0.5, 0.6) is 0 Å². The lowest BCUT2D eigenvalue weighted by atomic mass is 10.2. The van der Waals surface area contributed by atoms with E-state index >= 15 is 0 Å². The first-order valence-electron chi connectivity index (χ1n) is 6.56. The smallest absolute Gasteiger partial charge is 0.343 e. The molecule has 1 N–H and O–H groups in total. The number of aryl methyl sites for hydroxylation is 1. The van der Waals surface area contributed by atoms with Crippen LogP contribution < -0.4 is 5.32 Å². The lowest BCUT2D eigenvalue weighted by molar-refractivity contribution is 0.0527. The van der Waals surface area contributed by atoms with Gasteiger partial charge in [0.15, 0.2) is 0 Å². The van der Waals surface area contributed by atoms with Crippen LogP contribution in [0, 0.1) is 6.92 Å². The second-order valence-electron chi connectivity index (χ2n) is 4.17. The molecule has 1 aromatic rings. The minimum Gasteiger partial charge on any atom is -0.462 e. The highest BCUT2D eigenvalue weighted by Gasteiger charge is 2.19. The number of ether oxygens (including phenoxy) is 1. The van der Waals surface area contributed by atoms with E-state index in [9.17, 15) is 4.79 Å². The minimum atomic E-state index is -0.279. The van der Waals surface area contributed by atoms with Crippen molar-refractivity contribution < 1.29 is 9.53 Å². The van der Waals surface area contributed by atoms with Gasteiger partial charge in [0.25, 0.3) is 0 Å². The van der Waals surface area contributed by atoms with Crippen molar-refractivity contribution in [2.24, 2.45) is 0 Å². The van der Waals surface area contributed by atoms with E-state index < -0.39 is 0 Å². The second kappa shape index (κ2) is 9.20. The highest BCUT2D eigenvalue weighted by molar-refractivity contribution is 7.98. The van der Waals surface area contributed by atoms with E-state index in [4.69, 9.17) is 4.74 Å². The fourth-order valence-corrected chi connectivity index (χ4v) is 2.99. The SMILES string of the molecule is CCOC(=O)c1c(C)nsc1NCCCCCSC. The van der Waals surface area contributed by atoms with Gasteiger partial charge >= 0.3 is 5.97 Å². The molecule has 0 fully saturated rings. The zero-order valence-corrected chi connectivity index (χ0v) is 13.5. The molecule has 0 unspecified atom stereocenters. The van der Waals surface area contributed by atoms with Crippen molar-refractivity contribution in [1.82, 2.24) is 4.37 Å². The van der Waals surface area contributed by atoms with Crippen LogP contribution in [0.2, 0.25) is 0 Å². The van der Waals surface area contributed by atoms with Gasteiger partial charge < -0.3 is 10.1 Å². The summed E-state index contributed by atoms with van der Waals surface area (Å²) in [6.45, 7) is 4.92. The maximum Gasteiger partial charge on any atom is 0.343 e. The average molecular weight is 302 g/mol. The Morgan fingerprint density at radius 3 is 2.89 bits per heavy atom. The first-order valence-corrected chi connectivity index (χ1v) is 8.73. The number of hydrogen-bond donors (Lipinski definition) is 1. The number of hydrogen-bond acceptors (Lipinski definition) is 6. The predicted octanol–water partition coefficient (Wildman–Crippen LogP) is 3.57. The molecule has 4 nitrogen and oxygen atoms in total. The number of rotatable bonds is 9. The molecule has 0 aliphatic heterocycles. The Kier molecular flexibility index (Phi) is 7.90. The summed E-state index contributed by atoms with van der Waals surface area (Å²) in [6, 6.07) is 0. The van der Waals surface area contributed by atoms with Crippen LogP contribution in [-0.4, -0.2) is 35.5 Å². The molecule has 1 rings (SSSR count). The number of thioether (sulfide) groups is 1. The van der Waals surface area contributed by atoms with Gasteiger partial charge in [0, 0.05) is 6.54 Å². The van der Waals surface area contributed by atoms with E-state index in [-0.39, 0.29) is 5.97 Å². The molecule has 0 saturated carbocycles. The molecule has 0 bridgehead atoms. The third-order valence-electron chi connectivity index (χ3n) is 2.65. The van der Waals surface area contributed by atoms with Crippen LogP contribution in [0.4, 0.5) is 5.00 Å². The first-order chi connectivity index (χ1) is 9.20. The van der Waals surface area contributed by atoms with Crippen LogP contribution >= 0.6 is 23.3 Å². The molecule has 1 heterocycles. The van der Waals surface area contributed by atoms with Gasteiger partial charge in [0.2, 0.25) is 0 Å². The Bertz CT molecular complexity index is 394. The van der Waals surface area contributed by atoms with E-state index in [2.05, 4.69) is 15.9 Å². The highest BCUT2D eigenvalue weighted by atomic mass is 32.2. The molecule has 0 saturated heterocycles. The zero-order chi connectivity index (χ0) is 14.1. The van der Waals surface area contributed by atoms with Crippen LogP contribution in [-0.2, 0) is 4.74 Å². The average Bonchev–Trinajstić information content (AvgIpc) is 2.75. The molecule has 6 heteroatoms. The van der Waals surface area contributed by atoms with E-state index in [0.717, 1.165) is 23.7 Å². The maximum absolute atomic E-state index is 11.8. The lowest BCUT2D eigenvalue weighted by Crippen LogP contribution is -2.09. The Balaban J connectivity index is 2.43. The Morgan fingerprint density at radius 2 is 2.21 bits per heavy atom. The topological polar surface area (TPSA) is 51.2 Å². The van der Waals surface area contributed by atoms with E-state index in [1.165, 1.54) is 30.1 Å². The largest absolute Gasteiger partial charge is 0.462 e. The molecule has 0 amide bonds. The van der Waals surface area contributed by atoms with Gasteiger partial charge in [-0.3, -0.25) is 0 Å². The van der Waals surface area contributed by atoms with Gasteiger partial charge in [-0.15, -0.1) is 0 Å². The first kappa shape index (κ1) is 16.3. The van der Waals surface area contributed by atoms with Crippen molar-refractivity contribution in [2.45, 2.75) is 33.1 Å². The maximum atomic E-state index is 11.8. The number of carbonyl (C=O) groups is 1. The molecule has 0 radical (unpaired) electrons. The normalized spacial score (nSPS) is 10.5. The van der Waals surface area contributed by atoms with E-state index in [0.29, 0.717) is 12.2 Å². The molecule has 0 aromatic carbocycles. The number of anilines is 1. The van der Waals surface area contributed by atoms with Gasteiger partial charge in [-0.05, 0) is 50.2 Å². The predicted molar refractivity (Wildman–Crippen MR) is 83.5 cm³/mol. The molecule has 0 spiro atoms. The number of nitrogens with one attached hydrogen (secondary N) is 1. The quantitative estimate of drug-likeness (QED) is 0.558. The van der Waals surface area contributed by atoms with Crippen molar-refractivity contribution >= 4 is 34.3 Å². The third kappa shape index (κ3) is 5.40. The summed E-state index contributed by atoms with van der Waals surface area (Å²) < 4.78 is 9.28. The summed E-state index contributed by atoms with van der Waals surface area (Å²) in [4.78, 5) is 11.8. The molecule has 0 aliphatic carbocycles. The van der Waals surface area contributed by atoms with Crippen molar-refractivity contribution in [2.75, 3.05) is 30.5 Å². The van der Waals surface area contributed by atoms with Crippen molar-refractivity contribution in [3.63, 3.8) is 0 Å². The number of carbonyl (C=O) groups excluding carboxylic acids is 1. The zero-order valence-electron chi connectivity index (χ0n) is 11.8. The highest BCUT2D eigenvalue weighted by Crippen LogP contribution is 2.25. The Hall–Kier alpha value is -0.750. The van der Waals surface area contributed by atoms with Crippen molar-refractivity contribution in [3.8, 4) is 0 Å². The molecule has 0 aliphatic rings. The number of nitrogens with zero attached hydrogens (tertiary/aromatic N) is 1. The van der Waals surface area contributed by atoms with Crippen LogP contribution in [0.3, 0.4) is 0 Å². The second-order valence-corrected chi connectivity index (χ2v) is 5.93. The Labute approximate surface area is 123 Å². The number of aromatic nitrogens is 1. The standard InChI is InChI=1S/C13H22N2O2S2/c1-4-17-13(16)11-10(2)15-19-12(11)14-8-6-5-7-9-18-3/h14H,4-9H2,1-3H3. The van der Waals surface area contributed by atoms with E-state index in [1.54, 1.807) is 0 Å². The summed E-state index contributed by atoms with van der Waals surface area (Å²) in [5.74, 6) is 0.937. The fraction of sp³-hybridized carbons (Fsp3) is 0.692. The van der Waals surface area contributed by atoms with Crippen LogP contribution in [0.1, 0.15) is 42.2 Å². The number of unbranched alkanes of at least 4 members (excludes halogenated alkanes) is 2. The Morgan fingerprint density at radius 1 is 1.42 bits per heavy atom. The fourth-order valence-electron chi connectivity index (χ4n) is 1.68. The molecule has 0 atom stereocenters. The van der Waals surface area contributed by atoms with Crippen LogP contribution in [0.15, 0.2) is 0 Å². The summed E-state index contributed by atoms with van der Waals surface area (Å²) in [6.07, 6.45) is 5.69. The van der Waals surface area contributed by atoms with Gasteiger partial charge in [0.1, 0.15) is 10.6 Å². The van der Waals surface area contributed by atoms with Crippen molar-refractivity contribution in [1.29, 1.82) is 0 Å². The van der Waals surface area contributed by atoms with Crippen molar-refractivity contribution in [3.05, 3.63) is 11.3 Å². The van der Waals surface area contributed by atoms with Gasteiger partial charge in [-0.2, -0.15) is 16.1 Å². The summed E-state index contributed by atoms with van der Waals surface area (Å²) in [5.41, 5.74) is 1.34. The summed E-state index contributed by atoms with van der Waals surface area (Å²) in [7, 11) is 0. The molecule has 1 aromatic heterocycles. The molecule has 19 heavy (non-hydrogen) atoms. The minimum absolute atomic E-state index is 0.279. The summed E-state index contributed by atoms with van der Waals surface area (Å²) >= 11 is 3.21. The lowest BCUT2D eigenvalue weighted by Gasteiger charge is -2.06. The van der Waals surface area contributed by atoms with Gasteiger partial charge in [-0.1, -0.05) is 6.42 Å². The molecular formula is C13H22N2O2S2. The molecule has 108 valence electrons. The van der Waals surface area contributed by atoms with Gasteiger partial charge in [-0.25, -0.2) is 4.79 Å². The monoisotopic (exact) mass is 302 g/mol.